The number of carboxylic acid groups (broad SMARTS) is 1. The number of benzene rings is 1. The van der Waals surface area contributed by atoms with Crippen LogP contribution in [0.15, 0.2) is 57.9 Å². The van der Waals surface area contributed by atoms with Gasteiger partial charge in [-0.15, -0.1) is 0 Å². The first-order chi connectivity index (χ1) is 18.0. The first-order valence-electron chi connectivity index (χ1n) is 12.3. The van der Waals surface area contributed by atoms with Gasteiger partial charge in [0, 0.05) is 20.3 Å². The van der Waals surface area contributed by atoms with Crippen molar-refractivity contribution in [1.82, 2.24) is 19.8 Å². The normalized spacial score (nSPS) is 12.1. The van der Waals surface area contributed by atoms with E-state index in [0.29, 0.717) is 17.4 Å². The molecule has 3 N–H and O–H groups in total. The molecule has 0 saturated carbocycles. The lowest BCUT2D eigenvalue weighted by Crippen LogP contribution is -2.44. The fourth-order valence-electron chi connectivity index (χ4n) is 3.86. The Bertz CT molecular complexity index is 1390. The molecule has 1 atom stereocenters. The molecule has 38 heavy (non-hydrogen) atoms. The molecule has 0 saturated heterocycles. The van der Waals surface area contributed by atoms with Crippen LogP contribution in [0.4, 0.5) is 10.5 Å². The lowest BCUT2D eigenvalue weighted by Gasteiger charge is -2.16. The zero-order chi connectivity index (χ0) is 27.8. The van der Waals surface area contributed by atoms with Gasteiger partial charge in [-0.1, -0.05) is 32.1 Å². The predicted molar refractivity (Wildman–Crippen MR) is 143 cm³/mol. The number of nitrogens with zero attached hydrogens (tertiary/aromatic N) is 3. The molecular weight excluding hydrogens is 490 g/mol. The highest BCUT2D eigenvalue weighted by Crippen LogP contribution is 2.22. The Labute approximate surface area is 220 Å². The number of oxazole rings is 1. The molecule has 0 spiro atoms. The van der Waals surface area contributed by atoms with Crippen LogP contribution in [0, 0.1) is 5.92 Å². The fourth-order valence-corrected chi connectivity index (χ4v) is 3.86. The Morgan fingerprint density at radius 2 is 1.95 bits per heavy atom. The Morgan fingerprint density at radius 3 is 2.63 bits per heavy atom. The van der Waals surface area contributed by atoms with Crippen molar-refractivity contribution in [2.75, 3.05) is 19.4 Å². The summed E-state index contributed by atoms with van der Waals surface area (Å²) in [6.07, 6.45) is 4.31. The highest BCUT2D eigenvalue weighted by molar-refractivity contribution is 5.96. The van der Waals surface area contributed by atoms with Crippen molar-refractivity contribution in [3.63, 3.8) is 0 Å². The molecule has 3 aromatic rings. The molecule has 0 fully saturated rings. The number of hydrogen-bond donors (Lipinski definition) is 3. The molecule has 11 heteroatoms. The zero-order valence-corrected chi connectivity index (χ0v) is 21.9. The molecule has 0 bridgehead atoms. The van der Waals surface area contributed by atoms with Crippen molar-refractivity contribution in [2.24, 2.45) is 5.92 Å². The Hall–Kier alpha value is -4.41. The molecule has 202 valence electrons. The van der Waals surface area contributed by atoms with Crippen molar-refractivity contribution in [3.05, 3.63) is 70.5 Å². The van der Waals surface area contributed by atoms with Gasteiger partial charge in [0.05, 0.1) is 0 Å². The maximum Gasteiger partial charge on any atom is 0.405 e. The third kappa shape index (κ3) is 7.55. The van der Waals surface area contributed by atoms with E-state index >= 15 is 0 Å². The van der Waals surface area contributed by atoms with Crippen LogP contribution in [0.5, 0.6) is 0 Å². The second kappa shape index (κ2) is 12.7. The number of rotatable bonds is 11. The molecule has 0 radical (unpaired) electrons. The average molecular weight is 524 g/mol. The minimum absolute atomic E-state index is 0.00961. The van der Waals surface area contributed by atoms with Gasteiger partial charge in [0.1, 0.15) is 23.8 Å². The minimum Gasteiger partial charge on any atom is -0.465 e. The summed E-state index contributed by atoms with van der Waals surface area (Å²) in [5.74, 6) is -0.113. The van der Waals surface area contributed by atoms with Crippen molar-refractivity contribution in [2.45, 2.75) is 45.7 Å². The van der Waals surface area contributed by atoms with Crippen molar-refractivity contribution < 1.29 is 23.9 Å². The number of anilines is 1. The standard InChI is InChI=1S/C27H33N5O6/c1-17(2)15-18-9-7-12-21-24(18)30-22(38-21)16-32-14-8-11-20(26(32)35)28-25(34)19(29-27(36)37)10-5-6-13-23(33)31(3)4/h6-9,11-14,17,19,29H,5,10,15-16H2,1-4H3,(H,28,34)(H,36,37)/b13-6+. The number of likely N-dealkylation sites (N-methyl/N-ethyl adjacent to an activating group) is 1. The van der Waals surface area contributed by atoms with Gasteiger partial charge in [0.15, 0.2) is 5.58 Å². The van der Waals surface area contributed by atoms with E-state index in [0.717, 1.165) is 17.5 Å². The van der Waals surface area contributed by atoms with Crippen LogP contribution in [0.3, 0.4) is 0 Å². The molecule has 1 aromatic carbocycles. The second-order valence-corrected chi connectivity index (χ2v) is 9.53. The maximum absolute atomic E-state index is 13.1. The smallest absolute Gasteiger partial charge is 0.405 e. The van der Waals surface area contributed by atoms with Crippen LogP contribution >= 0.6 is 0 Å². The SMILES string of the molecule is CC(C)Cc1cccc2oc(Cn3cccc(NC(=O)C(CC/C=C/C(=O)N(C)C)NC(=O)O)c3=O)nc12. The first kappa shape index (κ1) is 28.2. The van der Waals surface area contributed by atoms with E-state index in [1.165, 1.54) is 21.6 Å². The van der Waals surface area contributed by atoms with Crippen molar-refractivity contribution in [3.8, 4) is 0 Å². The van der Waals surface area contributed by atoms with Crippen LogP contribution in [0.1, 0.15) is 38.1 Å². The molecule has 3 amide bonds. The number of aromatic nitrogens is 2. The fraction of sp³-hybridized carbons (Fsp3) is 0.370. The quantitative estimate of drug-likeness (QED) is 0.327. The molecule has 3 rings (SSSR count). The number of pyridine rings is 1. The summed E-state index contributed by atoms with van der Waals surface area (Å²) >= 11 is 0. The number of carbonyl (C=O) groups excluding carboxylic acids is 2. The highest BCUT2D eigenvalue weighted by Gasteiger charge is 2.21. The molecule has 11 nitrogen and oxygen atoms in total. The second-order valence-electron chi connectivity index (χ2n) is 9.53. The van der Waals surface area contributed by atoms with E-state index in [4.69, 9.17) is 9.52 Å². The monoisotopic (exact) mass is 523 g/mol. The van der Waals surface area contributed by atoms with E-state index in [-0.39, 0.29) is 31.0 Å². The minimum atomic E-state index is -1.38. The number of amides is 3. The third-order valence-corrected chi connectivity index (χ3v) is 5.70. The number of para-hydroxylation sites is 1. The molecular formula is C27H33N5O6. The van der Waals surface area contributed by atoms with Gasteiger partial charge in [-0.05, 0) is 55.0 Å². The van der Waals surface area contributed by atoms with E-state index in [1.807, 2.05) is 18.2 Å². The topological polar surface area (TPSA) is 147 Å². The number of nitrogens with one attached hydrogen (secondary N) is 2. The lowest BCUT2D eigenvalue weighted by atomic mass is 10.0. The Kier molecular flexibility index (Phi) is 9.42. The van der Waals surface area contributed by atoms with Crippen LogP contribution in [-0.4, -0.2) is 57.6 Å². The highest BCUT2D eigenvalue weighted by atomic mass is 16.4. The summed E-state index contributed by atoms with van der Waals surface area (Å²) < 4.78 is 7.23. The largest absolute Gasteiger partial charge is 0.465 e. The van der Waals surface area contributed by atoms with Crippen LogP contribution in [-0.2, 0) is 22.6 Å². The van der Waals surface area contributed by atoms with Crippen LogP contribution in [0.25, 0.3) is 11.1 Å². The number of hydrogen-bond acceptors (Lipinski definition) is 6. The average Bonchev–Trinajstić information content (AvgIpc) is 3.26. The summed E-state index contributed by atoms with van der Waals surface area (Å²) in [6, 6.07) is 7.66. The van der Waals surface area contributed by atoms with Crippen molar-refractivity contribution >= 4 is 34.7 Å². The van der Waals surface area contributed by atoms with E-state index in [1.54, 1.807) is 32.4 Å². The molecule has 0 aliphatic carbocycles. The van der Waals surface area contributed by atoms with E-state index in [2.05, 4.69) is 29.5 Å². The summed E-state index contributed by atoms with van der Waals surface area (Å²) in [5, 5.41) is 13.8. The number of allylic oxidation sites excluding steroid dienone is 1. The van der Waals surface area contributed by atoms with E-state index in [9.17, 15) is 19.2 Å². The van der Waals surface area contributed by atoms with Gasteiger partial charge in [-0.3, -0.25) is 14.4 Å². The Balaban J connectivity index is 1.74. The van der Waals surface area contributed by atoms with Gasteiger partial charge in [0.2, 0.25) is 17.7 Å². The van der Waals surface area contributed by atoms with Gasteiger partial charge in [0.25, 0.3) is 5.56 Å². The van der Waals surface area contributed by atoms with Gasteiger partial charge < -0.3 is 29.6 Å². The molecule has 2 heterocycles. The molecule has 1 unspecified atom stereocenters. The maximum atomic E-state index is 13.1. The van der Waals surface area contributed by atoms with Crippen molar-refractivity contribution in [1.29, 1.82) is 0 Å². The van der Waals surface area contributed by atoms with Gasteiger partial charge in [-0.25, -0.2) is 9.78 Å². The molecule has 0 aliphatic heterocycles. The number of carbonyl (C=O) groups is 3. The Morgan fingerprint density at radius 1 is 1.18 bits per heavy atom. The van der Waals surface area contributed by atoms with Crippen LogP contribution < -0.4 is 16.2 Å². The van der Waals surface area contributed by atoms with E-state index < -0.39 is 23.6 Å². The number of fused-ring (bicyclic) bond motifs is 1. The molecule has 0 aliphatic rings. The van der Waals surface area contributed by atoms with Gasteiger partial charge >= 0.3 is 6.09 Å². The summed E-state index contributed by atoms with van der Waals surface area (Å²) in [4.78, 5) is 54.8. The molecule has 2 aromatic heterocycles. The summed E-state index contributed by atoms with van der Waals surface area (Å²) in [6.45, 7) is 4.30. The summed E-state index contributed by atoms with van der Waals surface area (Å²) in [7, 11) is 3.21. The lowest BCUT2D eigenvalue weighted by molar-refractivity contribution is -0.123. The third-order valence-electron chi connectivity index (χ3n) is 5.70. The van der Waals surface area contributed by atoms with Gasteiger partial charge in [-0.2, -0.15) is 0 Å². The predicted octanol–water partition coefficient (Wildman–Crippen LogP) is 3.24. The summed E-state index contributed by atoms with van der Waals surface area (Å²) in [5.41, 5.74) is 1.97. The first-order valence-corrected chi connectivity index (χ1v) is 12.3. The van der Waals surface area contributed by atoms with Crippen LogP contribution in [0.2, 0.25) is 0 Å². The zero-order valence-electron chi connectivity index (χ0n) is 21.9.